The summed E-state index contributed by atoms with van der Waals surface area (Å²) in [6.07, 6.45) is 2.94. The smallest absolute Gasteiger partial charge is 0.187 e. The number of ether oxygens (including phenoxy) is 2. The molecule has 0 aliphatic heterocycles. The number of rotatable bonds is 7. The number of carbonyl (C=O) groups excluding carboxylic acids is 1. The molecule has 0 amide bonds. The quantitative estimate of drug-likeness (QED) is 0.449. The van der Waals surface area contributed by atoms with E-state index in [9.17, 15) is 9.18 Å². The number of hydrogen-bond acceptors (Lipinski definition) is 4. The van der Waals surface area contributed by atoms with E-state index in [-0.39, 0.29) is 11.6 Å². The zero-order valence-corrected chi connectivity index (χ0v) is 14.7. The van der Waals surface area contributed by atoms with E-state index in [1.54, 1.807) is 19.4 Å². The summed E-state index contributed by atoms with van der Waals surface area (Å²) in [7, 11) is 1.61. The van der Waals surface area contributed by atoms with E-state index < -0.39 is 0 Å². The van der Waals surface area contributed by atoms with Gasteiger partial charge in [-0.1, -0.05) is 6.07 Å². The second kappa shape index (κ2) is 8.67. The van der Waals surface area contributed by atoms with Crippen LogP contribution in [0, 0.1) is 5.82 Å². The third-order valence-corrected chi connectivity index (χ3v) is 3.74. The van der Waals surface area contributed by atoms with Gasteiger partial charge in [0, 0.05) is 29.6 Å². The van der Waals surface area contributed by atoms with E-state index >= 15 is 0 Å². The summed E-state index contributed by atoms with van der Waals surface area (Å²) in [6, 6.07) is 20.1. The fraction of sp³-hybridized carbons (Fsp3) is 0.0455. The molecule has 0 radical (unpaired) electrons. The minimum absolute atomic E-state index is 0.208. The molecule has 0 fully saturated rings. The standard InChI is InChI=1S/C22H18FNO3/c1-26-20-3-2-4-21(15-20)27-19-11-9-18(10-12-19)24-14-13-22(25)16-5-7-17(23)8-6-16/h2-15,24H,1H3/b14-13+. The normalized spacial score (nSPS) is 10.6. The summed E-state index contributed by atoms with van der Waals surface area (Å²) in [5, 5.41) is 3.02. The van der Waals surface area contributed by atoms with E-state index in [1.807, 2.05) is 42.5 Å². The second-order valence-electron chi connectivity index (χ2n) is 5.65. The largest absolute Gasteiger partial charge is 0.497 e. The molecule has 0 aliphatic carbocycles. The molecule has 136 valence electrons. The highest BCUT2D eigenvalue weighted by atomic mass is 19.1. The Labute approximate surface area is 156 Å². The fourth-order valence-electron chi connectivity index (χ4n) is 2.34. The summed E-state index contributed by atoms with van der Waals surface area (Å²) in [4.78, 5) is 12.0. The van der Waals surface area contributed by atoms with Crippen LogP contribution in [0.3, 0.4) is 0 Å². The van der Waals surface area contributed by atoms with Crippen molar-refractivity contribution in [3.8, 4) is 17.2 Å². The molecule has 0 saturated carbocycles. The molecule has 0 aromatic heterocycles. The van der Waals surface area contributed by atoms with Gasteiger partial charge >= 0.3 is 0 Å². The average Bonchev–Trinajstić information content (AvgIpc) is 2.70. The van der Waals surface area contributed by atoms with E-state index in [4.69, 9.17) is 9.47 Å². The van der Waals surface area contributed by atoms with Crippen LogP contribution in [0.25, 0.3) is 0 Å². The number of halogens is 1. The third kappa shape index (κ3) is 5.19. The molecule has 4 nitrogen and oxygen atoms in total. The van der Waals surface area contributed by atoms with Gasteiger partial charge in [-0.25, -0.2) is 4.39 Å². The van der Waals surface area contributed by atoms with Crippen molar-refractivity contribution in [2.24, 2.45) is 0 Å². The third-order valence-electron chi connectivity index (χ3n) is 3.74. The van der Waals surface area contributed by atoms with Crippen molar-refractivity contribution in [1.29, 1.82) is 0 Å². The number of benzene rings is 3. The number of ketones is 1. The van der Waals surface area contributed by atoms with Crippen LogP contribution in [-0.4, -0.2) is 12.9 Å². The van der Waals surface area contributed by atoms with Crippen LogP contribution in [0.1, 0.15) is 10.4 Å². The molecule has 1 N–H and O–H groups in total. The number of methoxy groups -OCH3 is 1. The first-order valence-electron chi connectivity index (χ1n) is 8.29. The van der Waals surface area contributed by atoms with Crippen molar-refractivity contribution in [3.63, 3.8) is 0 Å². The molecule has 3 rings (SSSR count). The molecule has 3 aromatic carbocycles. The van der Waals surface area contributed by atoms with Crippen molar-refractivity contribution in [2.45, 2.75) is 0 Å². The summed E-state index contributed by atoms with van der Waals surface area (Å²) in [6.45, 7) is 0. The molecule has 5 heteroatoms. The zero-order valence-electron chi connectivity index (χ0n) is 14.7. The molecule has 3 aromatic rings. The van der Waals surface area contributed by atoms with Crippen LogP contribution in [0.15, 0.2) is 85.1 Å². The van der Waals surface area contributed by atoms with Crippen LogP contribution in [0.4, 0.5) is 10.1 Å². The first-order chi connectivity index (χ1) is 13.1. The van der Waals surface area contributed by atoms with Crippen molar-refractivity contribution < 1.29 is 18.7 Å². The van der Waals surface area contributed by atoms with Gasteiger partial charge in [-0.05, 0) is 60.7 Å². The molecule has 27 heavy (non-hydrogen) atoms. The number of hydrogen-bond donors (Lipinski definition) is 1. The lowest BCUT2D eigenvalue weighted by Gasteiger charge is -2.08. The molecule has 0 atom stereocenters. The Morgan fingerprint density at radius 2 is 1.63 bits per heavy atom. The maximum absolute atomic E-state index is 12.9. The van der Waals surface area contributed by atoms with Gasteiger partial charge in [0.05, 0.1) is 7.11 Å². The van der Waals surface area contributed by atoms with Gasteiger partial charge in [0.2, 0.25) is 0 Å². The Hall–Kier alpha value is -3.60. The van der Waals surface area contributed by atoms with E-state index in [1.165, 1.54) is 30.3 Å². The Kier molecular flexibility index (Phi) is 5.84. The van der Waals surface area contributed by atoms with Crippen LogP contribution in [0.5, 0.6) is 17.2 Å². The van der Waals surface area contributed by atoms with Gasteiger partial charge in [-0.3, -0.25) is 4.79 Å². The van der Waals surface area contributed by atoms with Gasteiger partial charge in [0.1, 0.15) is 23.1 Å². The number of allylic oxidation sites excluding steroid dienone is 1. The van der Waals surface area contributed by atoms with Crippen molar-refractivity contribution in [1.82, 2.24) is 0 Å². The Morgan fingerprint density at radius 3 is 2.33 bits per heavy atom. The number of nitrogens with one attached hydrogen (secondary N) is 1. The summed E-state index contributed by atoms with van der Waals surface area (Å²) < 4.78 is 23.8. The van der Waals surface area contributed by atoms with Gasteiger partial charge in [-0.2, -0.15) is 0 Å². The lowest BCUT2D eigenvalue weighted by atomic mass is 10.1. The van der Waals surface area contributed by atoms with Gasteiger partial charge in [0.15, 0.2) is 5.78 Å². The molecule has 0 saturated heterocycles. The van der Waals surface area contributed by atoms with Gasteiger partial charge in [-0.15, -0.1) is 0 Å². The topological polar surface area (TPSA) is 47.6 Å². The maximum atomic E-state index is 12.9. The highest BCUT2D eigenvalue weighted by Gasteiger charge is 2.02. The Bertz CT molecular complexity index is 935. The van der Waals surface area contributed by atoms with Crippen molar-refractivity contribution in [3.05, 3.63) is 96.5 Å². The van der Waals surface area contributed by atoms with Gasteiger partial charge < -0.3 is 14.8 Å². The molecular formula is C22H18FNO3. The van der Waals surface area contributed by atoms with Crippen LogP contribution < -0.4 is 14.8 Å². The highest BCUT2D eigenvalue weighted by molar-refractivity contribution is 6.04. The zero-order chi connectivity index (χ0) is 19.1. The van der Waals surface area contributed by atoms with Gasteiger partial charge in [0.25, 0.3) is 0 Å². The number of carbonyl (C=O) groups is 1. The molecular weight excluding hydrogens is 345 g/mol. The maximum Gasteiger partial charge on any atom is 0.187 e. The average molecular weight is 363 g/mol. The lowest BCUT2D eigenvalue weighted by molar-refractivity contribution is 0.104. The molecule has 0 bridgehead atoms. The monoisotopic (exact) mass is 363 g/mol. The lowest BCUT2D eigenvalue weighted by Crippen LogP contribution is -1.96. The van der Waals surface area contributed by atoms with Crippen molar-refractivity contribution in [2.75, 3.05) is 12.4 Å². The van der Waals surface area contributed by atoms with E-state index in [0.29, 0.717) is 17.1 Å². The highest BCUT2D eigenvalue weighted by Crippen LogP contribution is 2.26. The molecule has 0 unspecified atom stereocenters. The summed E-state index contributed by atoms with van der Waals surface area (Å²) >= 11 is 0. The van der Waals surface area contributed by atoms with Crippen LogP contribution in [0.2, 0.25) is 0 Å². The molecule has 0 aliphatic rings. The van der Waals surface area contributed by atoms with E-state index in [0.717, 1.165) is 11.4 Å². The summed E-state index contributed by atoms with van der Waals surface area (Å²) in [5.41, 5.74) is 1.23. The van der Waals surface area contributed by atoms with Crippen LogP contribution in [-0.2, 0) is 0 Å². The molecule has 0 heterocycles. The second-order valence-corrected chi connectivity index (χ2v) is 5.65. The molecule has 0 spiro atoms. The first-order valence-corrected chi connectivity index (χ1v) is 8.29. The predicted octanol–water partition coefficient (Wildman–Crippen LogP) is 5.44. The Morgan fingerprint density at radius 1 is 0.926 bits per heavy atom. The fourth-order valence-corrected chi connectivity index (χ4v) is 2.34. The minimum Gasteiger partial charge on any atom is -0.497 e. The predicted molar refractivity (Wildman–Crippen MR) is 103 cm³/mol. The van der Waals surface area contributed by atoms with Crippen molar-refractivity contribution >= 4 is 11.5 Å². The SMILES string of the molecule is COc1cccc(Oc2ccc(N/C=C/C(=O)c3ccc(F)cc3)cc2)c1. The minimum atomic E-state index is -0.370. The Balaban J connectivity index is 1.57. The van der Waals surface area contributed by atoms with Crippen LogP contribution >= 0.6 is 0 Å². The first kappa shape index (κ1) is 18.2. The summed E-state index contributed by atoms with van der Waals surface area (Å²) in [5.74, 6) is 1.51. The number of anilines is 1. The van der Waals surface area contributed by atoms with E-state index in [2.05, 4.69) is 5.32 Å².